The van der Waals surface area contributed by atoms with Crippen molar-refractivity contribution in [3.8, 4) is 0 Å². The summed E-state index contributed by atoms with van der Waals surface area (Å²) in [7, 11) is 0. The van der Waals surface area contributed by atoms with Gasteiger partial charge in [0.25, 0.3) is 5.56 Å². The van der Waals surface area contributed by atoms with E-state index in [-0.39, 0.29) is 29.9 Å². The van der Waals surface area contributed by atoms with Gasteiger partial charge < -0.3 is 14.6 Å². The van der Waals surface area contributed by atoms with E-state index in [0.29, 0.717) is 24.3 Å². The number of nitrogens with one attached hydrogen (secondary N) is 1. The molecule has 1 aromatic carbocycles. The molecule has 1 aliphatic heterocycles. The van der Waals surface area contributed by atoms with Crippen LogP contribution in [0.25, 0.3) is 0 Å². The third-order valence-corrected chi connectivity index (χ3v) is 4.20. The maximum atomic E-state index is 13.3. The summed E-state index contributed by atoms with van der Waals surface area (Å²) in [6, 6.07) is 9.07. The SMILES string of the molecule is O=C(CC1CCCCO1)Nc1ccc(=O)n(Cc2cccc(F)c2)c1. The first-order valence-electron chi connectivity index (χ1n) is 8.46. The number of nitrogens with zero attached hydrogens (tertiary/aromatic N) is 1. The number of pyridine rings is 1. The molecule has 2 heterocycles. The van der Waals surface area contributed by atoms with Crippen molar-refractivity contribution in [2.45, 2.75) is 38.3 Å². The largest absolute Gasteiger partial charge is 0.378 e. The average Bonchev–Trinajstić information content (AvgIpc) is 2.59. The predicted molar refractivity (Wildman–Crippen MR) is 93.0 cm³/mol. The molecule has 3 rings (SSSR count). The first-order chi connectivity index (χ1) is 12.1. The topological polar surface area (TPSA) is 60.3 Å². The summed E-state index contributed by atoms with van der Waals surface area (Å²) in [4.78, 5) is 24.2. The van der Waals surface area contributed by atoms with Crippen LogP contribution in [-0.4, -0.2) is 23.2 Å². The number of benzene rings is 1. The van der Waals surface area contributed by atoms with Crippen LogP contribution in [0, 0.1) is 5.82 Å². The van der Waals surface area contributed by atoms with Gasteiger partial charge in [-0.1, -0.05) is 12.1 Å². The maximum absolute atomic E-state index is 13.3. The molecule has 1 saturated heterocycles. The number of ether oxygens (including phenoxy) is 1. The number of amides is 1. The monoisotopic (exact) mass is 344 g/mol. The third kappa shape index (κ3) is 5.00. The quantitative estimate of drug-likeness (QED) is 0.907. The highest BCUT2D eigenvalue weighted by atomic mass is 19.1. The van der Waals surface area contributed by atoms with Gasteiger partial charge >= 0.3 is 0 Å². The minimum atomic E-state index is -0.345. The molecule has 1 aromatic heterocycles. The number of halogens is 1. The lowest BCUT2D eigenvalue weighted by atomic mass is 10.1. The summed E-state index contributed by atoms with van der Waals surface area (Å²) in [5.74, 6) is -0.481. The summed E-state index contributed by atoms with van der Waals surface area (Å²) >= 11 is 0. The molecule has 25 heavy (non-hydrogen) atoms. The van der Waals surface area contributed by atoms with E-state index in [0.717, 1.165) is 19.3 Å². The Labute approximate surface area is 145 Å². The van der Waals surface area contributed by atoms with Crippen molar-refractivity contribution in [2.24, 2.45) is 0 Å². The third-order valence-electron chi connectivity index (χ3n) is 4.20. The summed E-state index contributed by atoms with van der Waals surface area (Å²) < 4.78 is 20.3. The van der Waals surface area contributed by atoms with E-state index < -0.39 is 0 Å². The van der Waals surface area contributed by atoms with Gasteiger partial charge in [0.1, 0.15) is 5.82 Å². The second-order valence-corrected chi connectivity index (χ2v) is 6.25. The van der Waals surface area contributed by atoms with Crippen LogP contribution in [0.15, 0.2) is 47.4 Å². The van der Waals surface area contributed by atoms with Gasteiger partial charge in [-0.05, 0) is 43.0 Å². The molecule has 2 aromatic rings. The lowest BCUT2D eigenvalue weighted by Gasteiger charge is -2.22. The minimum Gasteiger partial charge on any atom is -0.378 e. The number of rotatable bonds is 5. The second kappa shape index (κ2) is 8.07. The highest BCUT2D eigenvalue weighted by Crippen LogP contribution is 2.16. The van der Waals surface area contributed by atoms with Crippen LogP contribution in [0.2, 0.25) is 0 Å². The molecular formula is C19H21FN2O3. The van der Waals surface area contributed by atoms with Crippen molar-refractivity contribution in [3.05, 3.63) is 64.3 Å². The van der Waals surface area contributed by atoms with Crippen LogP contribution >= 0.6 is 0 Å². The molecule has 5 nitrogen and oxygen atoms in total. The lowest BCUT2D eigenvalue weighted by Crippen LogP contribution is -2.26. The summed E-state index contributed by atoms with van der Waals surface area (Å²) in [6.45, 7) is 0.947. The van der Waals surface area contributed by atoms with Crippen molar-refractivity contribution in [2.75, 3.05) is 11.9 Å². The van der Waals surface area contributed by atoms with Gasteiger partial charge in [-0.3, -0.25) is 9.59 Å². The maximum Gasteiger partial charge on any atom is 0.250 e. The Morgan fingerprint density at radius 2 is 2.16 bits per heavy atom. The van der Waals surface area contributed by atoms with Crippen LogP contribution in [0.3, 0.4) is 0 Å². The van der Waals surface area contributed by atoms with E-state index in [1.165, 1.54) is 22.8 Å². The van der Waals surface area contributed by atoms with Gasteiger partial charge in [-0.2, -0.15) is 0 Å². The van der Waals surface area contributed by atoms with Crippen molar-refractivity contribution < 1.29 is 13.9 Å². The van der Waals surface area contributed by atoms with Crippen LogP contribution in [-0.2, 0) is 16.1 Å². The molecule has 132 valence electrons. The lowest BCUT2D eigenvalue weighted by molar-refractivity contribution is -0.119. The average molecular weight is 344 g/mol. The number of carbonyl (C=O) groups is 1. The number of carbonyl (C=O) groups excluding carboxylic acids is 1. The Morgan fingerprint density at radius 3 is 2.92 bits per heavy atom. The first kappa shape index (κ1) is 17.4. The highest BCUT2D eigenvalue weighted by Gasteiger charge is 2.17. The van der Waals surface area contributed by atoms with Gasteiger partial charge in [0.15, 0.2) is 0 Å². The van der Waals surface area contributed by atoms with Crippen molar-refractivity contribution in [1.82, 2.24) is 4.57 Å². The summed E-state index contributed by atoms with van der Waals surface area (Å²) in [6.07, 6.45) is 4.87. The fourth-order valence-electron chi connectivity index (χ4n) is 2.95. The first-order valence-corrected chi connectivity index (χ1v) is 8.46. The van der Waals surface area contributed by atoms with Crippen molar-refractivity contribution in [1.29, 1.82) is 0 Å². The minimum absolute atomic E-state index is 0.0352. The molecule has 1 fully saturated rings. The molecule has 0 saturated carbocycles. The van der Waals surface area contributed by atoms with Gasteiger partial charge in [0.2, 0.25) is 5.91 Å². The second-order valence-electron chi connectivity index (χ2n) is 6.25. The fourth-order valence-corrected chi connectivity index (χ4v) is 2.95. The van der Waals surface area contributed by atoms with E-state index in [9.17, 15) is 14.0 Å². The van der Waals surface area contributed by atoms with E-state index in [2.05, 4.69) is 5.32 Å². The smallest absolute Gasteiger partial charge is 0.250 e. The predicted octanol–water partition coefficient (Wildman–Crippen LogP) is 2.93. The summed E-state index contributed by atoms with van der Waals surface area (Å²) in [5.41, 5.74) is 1.01. The van der Waals surface area contributed by atoms with Crippen LogP contribution in [0.1, 0.15) is 31.2 Å². The van der Waals surface area contributed by atoms with E-state index in [1.807, 2.05) is 0 Å². The van der Waals surface area contributed by atoms with Crippen LogP contribution < -0.4 is 10.9 Å². The van der Waals surface area contributed by atoms with Gasteiger partial charge in [-0.15, -0.1) is 0 Å². The summed E-state index contributed by atoms with van der Waals surface area (Å²) in [5, 5.41) is 2.80. The standard InChI is InChI=1S/C19H21FN2O3/c20-15-5-3-4-14(10-15)12-22-13-16(7-8-19(22)24)21-18(23)11-17-6-1-2-9-25-17/h3-5,7-8,10,13,17H,1-2,6,9,11-12H2,(H,21,23). The molecule has 0 radical (unpaired) electrons. The van der Waals surface area contributed by atoms with Gasteiger partial charge in [-0.25, -0.2) is 4.39 Å². The van der Waals surface area contributed by atoms with Crippen LogP contribution in [0.4, 0.5) is 10.1 Å². The highest BCUT2D eigenvalue weighted by molar-refractivity contribution is 5.90. The molecule has 0 bridgehead atoms. The molecule has 1 N–H and O–H groups in total. The molecule has 1 unspecified atom stereocenters. The molecular weight excluding hydrogens is 323 g/mol. The molecule has 0 spiro atoms. The number of anilines is 1. The van der Waals surface area contributed by atoms with Crippen LogP contribution in [0.5, 0.6) is 0 Å². The molecule has 1 aliphatic rings. The Kier molecular flexibility index (Phi) is 5.60. The Hall–Kier alpha value is -2.47. The number of aromatic nitrogens is 1. The molecule has 6 heteroatoms. The van der Waals surface area contributed by atoms with Crippen molar-refractivity contribution in [3.63, 3.8) is 0 Å². The molecule has 1 amide bonds. The normalized spacial score (nSPS) is 17.2. The van der Waals surface area contributed by atoms with E-state index in [4.69, 9.17) is 4.74 Å². The number of hydrogen-bond acceptors (Lipinski definition) is 3. The zero-order valence-electron chi connectivity index (χ0n) is 13.9. The number of hydrogen-bond donors (Lipinski definition) is 1. The van der Waals surface area contributed by atoms with E-state index in [1.54, 1.807) is 24.4 Å². The van der Waals surface area contributed by atoms with Gasteiger partial charge in [0.05, 0.1) is 24.8 Å². The molecule has 1 atom stereocenters. The van der Waals surface area contributed by atoms with Gasteiger partial charge in [0, 0.05) is 18.9 Å². The Balaban J connectivity index is 1.66. The zero-order chi connectivity index (χ0) is 17.6. The Morgan fingerprint density at radius 1 is 1.28 bits per heavy atom. The zero-order valence-corrected chi connectivity index (χ0v) is 13.9. The van der Waals surface area contributed by atoms with E-state index >= 15 is 0 Å². The van der Waals surface area contributed by atoms with Crippen molar-refractivity contribution >= 4 is 11.6 Å². The Bertz CT molecular complexity index is 797. The molecule has 0 aliphatic carbocycles. The fraction of sp³-hybridized carbons (Fsp3) is 0.368.